The topological polar surface area (TPSA) is 76.1 Å². The lowest BCUT2D eigenvalue weighted by Crippen LogP contribution is -2.28. The minimum absolute atomic E-state index is 0.123. The highest BCUT2D eigenvalue weighted by molar-refractivity contribution is 5.92. The highest BCUT2D eigenvalue weighted by Crippen LogP contribution is 2.16. The van der Waals surface area contributed by atoms with E-state index in [4.69, 9.17) is 4.74 Å². The van der Waals surface area contributed by atoms with E-state index in [0.717, 1.165) is 5.69 Å². The second-order valence-corrected chi connectivity index (χ2v) is 4.10. The molecule has 0 atom stereocenters. The lowest BCUT2D eigenvalue weighted by molar-refractivity contribution is -0.115. The summed E-state index contributed by atoms with van der Waals surface area (Å²) in [5, 5.41) is 13.5. The summed E-state index contributed by atoms with van der Waals surface area (Å²) in [5.41, 5.74) is 1.50. The molecule has 1 heterocycles. The lowest BCUT2D eigenvalue weighted by atomic mass is 10.3. The summed E-state index contributed by atoms with van der Waals surface area (Å²) in [7, 11) is 1.59. The van der Waals surface area contributed by atoms with Crippen molar-refractivity contribution in [3.63, 3.8) is 0 Å². The van der Waals surface area contributed by atoms with Gasteiger partial charge in [0.2, 0.25) is 5.91 Å². The molecule has 0 spiro atoms. The first-order chi connectivity index (χ1) is 9.78. The van der Waals surface area contributed by atoms with Gasteiger partial charge in [0.25, 0.3) is 0 Å². The molecular formula is C14H16N4O2. The van der Waals surface area contributed by atoms with Crippen molar-refractivity contribution in [1.29, 1.82) is 0 Å². The average molecular weight is 272 g/mol. The number of nitrogens with zero attached hydrogens (tertiary/aromatic N) is 2. The van der Waals surface area contributed by atoms with Crippen LogP contribution in [-0.2, 0) is 11.3 Å². The van der Waals surface area contributed by atoms with E-state index in [0.29, 0.717) is 18.0 Å². The number of ether oxygens (including phenoxy) is 1. The summed E-state index contributed by atoms with van der Waals surface area (Å²) in [6.07, 6.45) is 1.61. The molecule has 104 valence electrons. The van der Waals surface area contributed by atoms with Crippen molar-refractivity contribution in [3.05, 3.63) is 48.3 Å². The summed E-state index contributed by atoms with van der Waals surface area (Å²) < 4.78 is 5.09. The highest BCUT2D eigenvalue weighted by atomic mass is 16.5. The monoisotopic (exact) mass is 272 g/mol. The van der Waals surface area contributed by atoms with Gasteiger partial charge in [-0.25, -0.2) is 0 Å². The molecule has 1 aromatic heterocycles. The molecule has 0 aliphatic heterocycles. The Morgan fingerprint density at radius 2 is 2.20 bits per heavy atom. The van der Waals surface area contributed by atoms with Gasteiger partial charge in [-0.3, -0.25) is 4.79 Å². The van der Waals surface area contributed by atoms with Crippen LogP contribution in [0.15, 0.2) is 42.6 Å². The summed E-state index contributed by atoms with van der Waals surface area (Å²) >= 11 is 0. The fourth-order valence-electron chi connectivity index (χ4n) is 1.64. The van der Waals surface area contributed by atoms with Gasteiger partial charge < -0.3 is 15.4 Å². The molecule has 0 aliphatic carbocycles. The standard InChI is InChI=1S/C14H16N4O2/c1-20-13-6-2-4-11(8-13)17-14(19)10-15-9-12-5-3-7-16-18-12/h2-8,15H,9-10H2,1H3,(H,17,19). The Bertz CT molecular complexity index is 560. The van der Waals surface area contributed by atoms with Crippen LogP contribution < -0.4 is 15.4 Å². The molecule has 6 nitrogen and oxygen atoms in total. The van der Waals surface area contributed by atoms with Gasteiger partial charge in [0.1, 0.15) is 5.75 Å². The smallest absolute Gasteiger partial charge is 0.238 e. The second-order valence-electron chi connectivity index (χ2n) is 4.10. The maximum absolute atomic E-state index is 11.8. The Morgan fingerprint density at radius 1 is 1.30 bits per heavy atom. The lowest BCUT2D eigenvalue weighted by Gasteiger charge is -2.07. The number of rotatable bonds is 6. The van der Waals surface area contributed by atoms with Crippen LogP contribution in [0.25, 0.3) is 0 Å². The first-order valence-corrected chi connectivity index (χ1v) is 6.19. The summed E-state index contributed by atoms with van der Waals surface area (Å²) in [6, 6.07) is 10.9. The molecule has 1 amide bonds. The number of hydrogen-bond acceptors (Lipinski definition) is 5. The van der Waals surface area contributed by atoms with Gasteiger partial charge in [0, 0.05) is 24.5 Å². The molecule has 1 aromatic carbocycles. The number of benzene rings is 1. The van der Waals surface area contributed by atoms with E-state index >= 15 is 0 Å². The summed E-state index contributed by atoms with van der Waals surface area (Å²) in [6.45, 7) is 0.702. The van der Waals surface area contributed by atoms with Gasteiger partial charge >= 0.3 is 0 Å². The molecule has 20 heavy (non-hydrogen) atoms. The molecule has 6 heteroatoms. The third-order valence-electron chi connectivity index (χ3n) is 2.57. The first-order valence-electron chi connectivity index (χ1n) is 6.19. The van der Waals surface area contributed by atoms with Crippen LogP contribution in [0, 0.1) is 0 Å². The van der Waals surface area contributed by atoms with E-state index in [2.05, 4.69) is 20.8 Å². The molecule has 0 fully saturated rings. The van der Waals surface area contributed by atoms with Crippen molar-refractivity contribution in [2.24, 2.45) is 0 Å². The van der Waals surface area contributed by atoms with Crippen molar-refractivity contribution in [3.8, 4) is 5.75 Å². The van der Waals surface area contributed by atoms with Gasteiger partial charge in [-0.15, -0.1) is 0 Å². The van der Waals surface area contributed by atoms with Crippen molar-refractivity contribution in [2.45, 2.75) is 6.54 Å². The molecule has 0 saturated carbocycles. The Hall–Kier alpha value is -2.47. The molecular weight excluding hydrogens is 256 g/mol. The largest absolute Gasteiger partial charge is 0.497 e. The molecule has 2 aromatic rings. The molecule has 0 saturated heterocycles. The molecule has 2 rings (SSSR count). The van der Waals surface area contributed by atoms with Crippen LogP contribution in [-0.4, -0.2) is 29.8 Å². The summed E-state index contributed by atoms with van der Waals surface area (Å²) in [4.78, 5) is 11.8. The number of carbonyl (C=O) groups is 1. The van der Waals surface area contributed by atoms with Gasteiger partial charge in [0.15, 0.2) is 0 Å². The van der Waals surface area contributed by atoms with Crippen LogP contribution in [0.1, 0.15) is 5.69 Å². The highest BCUT2D eigenvalue weighted by Gasteiger charge is 2.03. The number of amides is 1. The number of hydrogen-bond donors (Lipinski definition) is 2. The normalized spacial score (nSPS) is 10.1. The van der Waals surface area contributed by atoms with Crippen molar-refractivity contribution >= 4 is 11.6 Å². The summed E-state index contributed by atoms with van der Waals surface area (Å²) in [5.74, 6) is 0.581. The zero-order valence-corrected chi connectivity index (χ0v) is 11.2. The Morgan fingerprint density at radius 3 is 2.95 bits per heavy atom. The van der Waals surface area contributed by atoms with Crippen LogP contribution >= 0.6 is 0 Å². The van der Waals surface area contributed by atoms with Gasteiger partial charge in [-0.2, -0.15) is 10.2 Å². The minimum atomic E-state index is -0.123. The number of anilines is 1. The third kappa shape index (κ3) is 4.33. The number of methoxy groups -OCH3 is 1. The van der Waals surface area contributed by atoms with Gasteiger partial charge in [-0.1, -0.05) is 6.07 Å². The fraction of sp³-hybridized carbons (Fsp3) is 0.214. The van der Waals surface area contributed by atoms with Crippen molar-refractivity contribution in [2.75, 3.05) is 19.0 Å². The van der Waals surface area contributed by atoms with Gasteiger partial charge in [-0.05, 0) is 24.3 Å². The van der Waals surface area contributed by atoms with E-state index in [-0.39, 0.29) is 12.5 Å². The zero-order valence-electron chi connectivity index (χ0n) is 11.2. The first kappa shape index (κ1) is 14.0. The zero-order chi connectivity index (χ0) is 14.2. The number of aromatic nitrogens is 2. The minimum Gasteiger partial charge on any atom is -0.497 e. The third-order valence-corrected chi connectivity index (χ3v) is 2.57. The van der Waals surface area contributed by atoms with E-state index in [9.17, 15) is 4.79 Å². The number of nitrogens with one attached hydrogen (secondary N) is 2. The van der Waals surface area contributed by atoms with E-state index in [1.54, 1.807) is 25.4 Å². The second kappa shape index (κ2) is 7.20. The van der Waals surface area contributed by atoms with Gasteiger partial charge in [0.05, 0.1) is 19.3 Å². The molecule has 0 bridgehead atoms. The van der Waals surface area contributed by atoms with Crippen LogP contribution in [0.2, 0.25) is 0 Å². The molecule has 2 N–H and O–H groups in total. The Labute approximate surface area is 117 Å². The molecule has 0 aliphatic rings. The van der Waals surface area contributed by atoms with Crippen molar-refractivity contribution in [1.82, 2.24) is 15.5 Å². The maximum Gasteiger partial charge on any atom is 0.238 e. The van der Waals surface area contributed by atoms with Crippen LogP contribution in [0.4, 0.5) is 5.69 Å². The number of carbonyl (C=O) groups excluding carboxylic acids is 1. The van der Waals surface area contributed by atoms with E-state index < -0.39 is 0 Å². The SMILES string of the molecule is COc1cccc(NC(=O)CNCc2cccnn2)c1. The molecule has 0 radical (unpaired) electrons. The van der Waals surface area contributed by atoms with Crippen molar-refractivity contribution < 1.29 is 9.53 Å². The quantitative estimate of drug-likeness (QED) is 0.826. The predicted octanol–water partition coefficient (Wildman–Crippen LogP) is 1.21. The van der Waals surface area contributed by atoms with Crippen LogP contribution in [0.3, 0.4) is 0 Å². The maximum atomic E-state index is 11.8. The van der Waals surface area contributed by atoms with E-state index in [1.807, 2.05) is 24.3 Å². The van der Waals surface area contributed by atoms with E-state index in [1.165, 1.54) is 0 Å². The Kier molecular flexibility index (Phi) is 5.02. The molecule has 0 unspecified atom stereocenters. The Balaban J connectivity index is 1.77. The predicted molar refractivity (Wildman–Crippen MR) is 75.4 cm³/mol. The van der Waals surface area contributed by atoms with Crippen LogP contribution in [0.5, 0.6) is 5.75 Å². The fourth-order valence-corrected chi connectivity index (χ4v) is 1.64. The average Bonchev–Trinajstić information content (AvgIpc) is 2.48.